The van der Waals surface area contributed by atoms with Crippen molar-refractivity contribution in [3.63, 3.8) is 0 Å². The fourth-order valence-corrected chi connectivity index (χ4v) is 2.21. The van der Waals surface area contributed by atoms with E-state index in [9.17, 15) is 0 Å². The Labute approximate surface area is 115 Å². The third-order valence-electron chi connectivity index (χ3n) is 3.25. The Morgan fingerprint density at radius 2 is 1.79 bits per heavy atom. The summed E-state index contributed by atoms with van der Waals surface area (Å²) in [6, 6.07) is 17.1. The third-order valence-corrected chi connectivity index (χ3v) is 3.25. The fourth-order valence-electron chi connectivity index (χ4n) is 2.21. The number of ether oxygens (including phenoxy) is 1. The van der Waals surface area contributed by atoms with E-state index in [1.165, 1.54) is 16.7 Å². The van der Waals surface area contributed by atoms with Crippen LogP contribution in [0.15, 0.2) is 48.5 Å². The van der Waals surface area contributed by atoms with E-state index >= 15 is 0 Å². The Morgan fingerprint density at radius 1 is 1.05 bits per heavy atom. The molecule has 0 spiro atoms. The summed E-state index contributed by atoms with van der Waals surface area (Å²) in [7, 11) is 1.70. The largest absolute Gasteiger partial charge is 0.497 e. The summed E-state index contributed by atoms with van der Waals surface area (Å²) in [5.74, 6) is 0.896. The van der Waals surface area contributed by atoms with Crippen LogP contribution in [-0.2, 0) is 0 Å². The van der Waals surface area contributed by atoms with Gasteiger partial charge in [0.1, 0.15) is 5.75 Å². The molecule has 0 bridgehead atoms. The highest BCUT2D eigenvalue weighted by molar-refractivity contribution is 5.37. The van der Waals surface area contributed by atoms with Crippen molar-refractivity contribution in [1.29, 1.82) is 0 Å². The fraction of sp³-hybridized carbons (Fsp3) is 0.294. The molecule has 0 fully saturated rings. The van der Waals surface area contributed by atoms with Gasteiger partial charge in [-0.05, 0) is 36.7 Å². The van der Waals surface area contributed by atoms with Crippen molar-refractivity contribution in [2.24, 2.45) is 0 Å². The average Bonchev–Trinajstić information content (AvgIpc) is 2.46. The summed E-state index contributed by atoms with van der Waals surface area (Å²) < 4.78 is 5.31. The molecule has 2 aromatic carbocycles. The zero-order valence-corrected chi connectivity index (χ0v) is 11.8. The van der Waals surface area contributed by atoms with Crippen LogP contribution in [-0.4, -0.2) is 13.7 Å². The van der Waals surface area contributed by atoms with E-state index in [0.29, 0.717) is 0 Å². The van der Waals surface area contributed by atoms with E-state index in [-0.39, 0.29) is 6.04 Å². The molecule has 2 heteroatoms. The van der Waals surface area contributed by atoms with Gasteiger partial charge in [-0.15, -0.1) is 0 Å². The molecule has 2 rings (SSSR count). The maximum absolute atomic E-state index is 5.31. The van der Waals surface area contributed by atoms with Crippen molar-refractivity contribution >= 4 is 0 Å². The molecule has 0 saturated heterocycles. The average molecular weight is 255 g/mol. The lowest BCUT2D eigenvalue weighted by Crippen LogP contribution is -2.21. The molecule has 0 heterocycles. The molecule has 0 aliphatic rings. The van der Waals surface area contributed by atoms with Gasteiger partial charge in [0.15, 0.2) is 0 Å². The van der Waals surface area contributed by atoms with Crippen LogP contribution < -0.4 is 10.1 Å². The minimum atomic E-state index is 0.209. The van der Waals surface area contributed by atoms with E-state index in [1.807, 2.05) is 12.1 Å². The van der Waals surface area contributed by atoms with E-state index in [0.717, 1.165) is 12.3 Å². The number of methoxy groups -OCH3 is 1. The number of rotatable bonds is 5. The van der Waals surface area contributed by atoms with Crippen LogP contribution in [0.2, 0.25) is 0 Å². The lowest BCUT2D eigenvalue weighted by molar-refractivity contribution is 0.413. The monoisotopic (exact) mass is 255 g/mol. The highest BCUT2D eigenvalue weighted by atomic mass is 16.5. The Kier molecular flexibility index (Phi) is 4.58. The molecular weight excluding hydrogens is 234 g/mol. The van der Waals surface area contributed by atoms with Crippen LogP contribution in [0, 0.1) is 6.92 Å². The highest BCUT2D eigenvalue weighted by Gasteiger charge is 2.13. The molecule has 0 radical (unpaired) electrons. The molecule has 0 aliphatic heterocycles. The standard InChI is InChI=1S/C17H21NO/c1-4-18-17(14-10-8-13(2)9-11-14)15-6-5-7-16(12-15)19-3/h5-12,17-18H,4H2,1-3H3. The second-order valence-corrected chi connectivity index (χ2v) is 4.68. The molecule has 1 unspecified atom stereocenters. The van der Waals surface area contributed by atoms with Gasteiger partial charge in [-0.25, -0.2) is 0 Å². The SMILES string of the molecule is CCNC(c1ccc(C)cc1)c1cccc(OC)c1. The summed E-state index contributed by atoms with van der Waals surface area (Å²) in [6.45, 7) is 5.16. The topological polar surface area (TPSA) is 21.3 Å². The first-order valence-corrected chi connectivity index (χ1v) is 6.68. The molecule has 0 amide bonds. The van der Waals surface area contributed by atoms with Crippen molar-refractivity contribution in [2.75, 3.05) is 13.7 Å². The number of hydrogen-bond acceptors (Lipinski definition) is 2. The number of nitrogens with one attached hydrogen (secondary N) is 1. The van der Waals surface area contributed by atoms with Crippen LogP contribution in [0.4, 0.5) is 0 Å². The maximum atomic E-state index is 5.31. The molecule has 0 aromatic heterocycles. The second kappa shape index (κ2) is 6.39. The summed E-state index contributed by atoms with van der Waals surface area (Å²) in [5.41, 5.74) is 3.79. The lowest BCUT2D eigenvalue weighted by atomic mass is 9.97. The summed E-state index contributed by atoms with van der Waals surface area (Å²) in [6.07, 6.45) is 0. The Bertz CT molecular complexity index is 519. The molecule has 0 saturated carbocycles. The normalized spacial score (nSPS) is 12.2. The molecule has 2 aromatic rings. The zero-order valence-electron chi connectivity index (χ0n) is 11.8. The molecule has 100 valence electrons. The van der Waals surface area contributed by atoms with Gasteiger partial charge >= 0.3 is 0 Å². The van der Waals surface area contributed by atoms with Crippen molar-refractivity contribution in [2.45, 2.75) is 19.9 Å². The molecule has 1 atom stereocenters. The molecule has 0 aliphatic carbocycles. The molecule has 2 nitrogen and oxygen atoms in total. The minimum absolute atomic E-state index is 0.209. The molecule has 19 heavy (non-hydrogen) atoms. The minimum Gasteiger partial charge on any atom is -0.497 e. The van der Waals surface area contributed by atoms with Crippen molar-refractivity contribution < 1.29 is 4.74 Å². The van der Waals surface area contributed by atoms with Crippen LogP contribution in [0.25, 0.3) is 0 Å². The Balaban J connectivity index is 2.35. The van der Waals surface area contributed by atoms with Gasteiger partial charge in [-0.1, -0.05) is 48.9 Å². The van der Waals surface area contributed by atoms with Crippen LogP contribution in [0.1, 0.15) is 29.7 Å². The van der Waals surface area contributed by atoms with E-state index in [2.05, 4.69) is 55.6 Å². The van der Waals surface area contributed by atoms with Crippen LogP contribution in [0.3, 0.4) is 0 Å². The Morgan fingerprint density at radius 3 is 2.42 bits per heavy atom. The summed E-state index contributed by atoms with van der Waals surface area (Å²) in [5, 5.41) is 3.53. The lowest BCUT2D eigenvalue weighted by Gasteiger charge is -2.19. The number of benzene rings is 2. The van der Waals surface area contributed by atoms with Gasteiger partial charge in [-0.2, -0.15) is 0 Å². The van der Waals surface area contributed by atoms with Crippen molar-refractivity contribution in [1.82, 2.24) is 5.32 Å². The summed E-state index contributed by atoms with van der Waals surface area (Å²) >= 11 is 0. The Hall–Kier alpha value is -1.80. The third kappa shape index (κ3) is 3.36. The van der Waals surface area contributed by atoms with Gasteiger partial charge < -0.3 is 10.1 Å². The van der Waals surface area contributed by atoms with Crippen LogP contribution in [0.5, 0.6) is 5.75 Å². The van der Waals surface area contributed by atoms with E-state index in [4.69, 9.17) is 4.74 Å². The van der Waals surface area contributed by atoms with E-state index < -0.39 is 0 Å². The predicted molar refractivity (Wildman–Crippen MR) is 79.7 cm³/mol. The number of hydrogen-bond donors (Lipinski definition) is 1. The first-order valence-electron chi connectivity index (χ1n) is 6.68. The van der Waals surface area contributed by atoms with Crippen molar-refractivity contribution in [3.8, 4) is 5.75 Å². The highest BCUT2D eigenvalue weighted by Crippen LogP contribution is 2.25. The first-order chi connectivity index (χ1) is 9.24. The van der Waals surface area contributed by atoms with Gasteiger partial charge in [0.2, 0.25) is 0 Å². The maximum Gasteiger partial charge on any atom is 0.119 e. The van der Waals surface area contributed by atoms with E-state index in [1.54, 1.807) is 7.11 Å². The second-order valence-electron chi connectivity index (χ2n) is 4.68. The molecule has 1 N–H and O–H groups in total. The quantitative estimate of drug-likeness (QED) is 0.879. The van der Waals surface area contributed by atoms with Crippen molar-refractivity contribution in [3.05, 3.63) is 65.2 Å². The zero-order chi connectivity index (χ0) is 13.7. The molecular formula is C17H21NO. The smallest absolute Gasteiger partial charge is 0.119 e. The summed E-state index contributed by atoms with van der Waals surface area (Å²) in [4.78, 5) is 0. The predicted octanol–water partition coefficient (Wildman–Crippen LogP) is 3.70. The number of aryl methyl sites for hydroxylation is 1. The van der Waals surface area contributed by atoms with Gasteiger partial charge in [-0.3, -0.25) is 0 Å². The van der Waals surface area contributed by atoms with Gasteiger partial charge in [0.25, 0.3) is 0 Å². The van der Waals surface area contributed by atoms with Gasteiger partial charge in [0.05, 0.1) is 13.2 Å². The van der Waals surface area contributed by atoms with Gasteiger partial charge in [0, 0.05) is 0 Å². The first kappa shape index (κ1) is 13.6. The van der Waals surface area contributed by atoms with Crippen LogP contribution >= 0.6 is 0 Å².